The van der Waals surface area contributed by atoms with Crippen LogP contribution in [0.15, 0.2) is 72.3 Å². The van der Waals surface area contributed by atoms with Crippen molar-refractivity contribution in [3.8, 4) is 17.2 Å². The maximum atomic E-state index is 13.5. The number of carbonyl (C=O) groups excluding carboxylic acids is 2. The molecule has 2 heterocycles. The number of hydrogen-bond donors (Lipinski definition) is 1. The second kappa shape index (κ2) is 10.5. The Morgan fingerprint density at radius 2 is 1.61 bits per heavy atom. The normalized spacial score (nSPS) is 18.0. The first kappa shape index (κ1) is 25.2. The lowest BCUT2D eigenvalue weighted by Gasteiger charge is -2.27. The average molecular weight is 515 g/mol. The van der Waals surface area contributed by atoms with Crippen LogP contribution in [0.4, 0.5) is 11.4 Å². The van der Waals surface area contributed by atoms with Crippen LogP contribution in [0.25, 0.3) is 5.76 Å². The Morgan fingerprint density at radius 1 is 0.947 bits per heavy atom. The number of hydrogen-bond acceptors (Lipinski definition) is 7. The van der Waals surface area contributed by atoms with Crippen molar-refractivity contribution in [1.82, 2.24) is 0 Å². The summed E-state index contributed by atoms with van der Waals surface area (Å²) in [7, 11) is 1.56. The Morgan fingerprint density at radius 3 is 2.24 bits per heavy atom. The Balaban J connectivity index is 1.65. The predicted octanol–water partition coefficient (Wildman–Crippen LogP) is 4.94. The number of ketones is 1. The summed E-state index contributed by atoms with van der Waals surface area (Å²) in [6, 6.07) is 18.8. The first-order chi connectivity index (χ1) is 18.5. The highest BCUT2D eigenvalue weighted by molar-refractivity contribution is 6.51. The molecule has 1 saturated heterocycles. The molecule has 5 rings (SSSR count). The molecule has 1 amide bonds. The third-order valence-corrected chi connectivity index (χ3v) is 6.95. The van der Waals surface area contributed by atoms with E-state index >= 15 is 0 Å². The first-order valence-electron chi connectivity index (χ1n) is 12.7. The van der Waals surface area contributed by atoms with E-state index in [-0.39, 0.29) is 11.3 Å². The summed E-state index contributed by atoms with van der Waals surface area (Å²) < 4.78 is 16.5. The number of methoxy groups -OCH3 is 1. The van der Waals surface area contributed by atoms with Crippen LogP contribution in [0.5, 0.6) is 17.2 Å². The van der Waals surface area contributed by atoms with Crippen LogP contribution < -0.4 is 24.0 Å². The van der Waals surface area contributed by atoms with Crippen molar-refractivity contribution in [2.24, 2.45) is 0 Å². The number of nitrogens with zero attached hydrogens (tertiary/aromatic N) is 2. The Hall–Kier alpha value is -4.46. The monoisotopic (exact) mass is 514 g/mol. The molecule has 8 heteroatoms. The second-order valence-electron chi connectivity index (χ2n) is 8.99. The molecule has 38 heavy (non-hydrogen) atoms. The predicted molar refractivity (Wildman–Crippen MR) is 145 cm³/mol. The zero-order valence-electron chi connectivity index (χ0n) is 21.6. The molecule has 2 aliphatic heterocycles. The van der Waals surface area contributed by atoms with Gasteiger partial charge < -0.3 is 24.2 Å². The van der Waals surface area contributed by atoms with E-state index in [0.29, 0.717) is 47.3 Å². The molecule has 1 N–H and O–H groups in total. The van der Waals surface area contributed by atoms with E-state index in [1.165, 1.54) is 4.90 Å². The topological polar surface area (TPSA) is 88.5 Å². The van der Waals surface area contributed by atoms with Gasteiger partial charge in [0.15, 0.2) is 11.5 Å². The lowest BCUT2D eigenvalue weighted by atomic mass is 9.94. The fourth-order valence-electron chi connectivity index (χ4n) is 4.96. The van der Waals surface area contributed by atoms with Gasteiger partial charge in [0.25, 0.3) is 11.7 Å². The molecule has 1 unspecified atom stereocenters. The van der Waals surface area contributed by atoms with Gasteiger partial charge in [-0.3, -0.25) is 14.5 Å². The van der Waals surface area contributed by atoms with Crippen molar-refractivity contribution in [1.29, 1.82) is 0 Å². The number of fused-ring (bicyclic) bond motifs is 1. The maximum absolute atomic E-state index is 13.5. The van der Waals surface area contributed by atoms with E-state index in [9.17, 15) is 14.7 Å². The van der Waals surface area contributed by atoms with Gasteiger partial charge >= 0.3 is 0 Å². The number of carbonyl (C=O) groups is 2. The molecule has 2 aliphatic rings. The van der Waals surface area contributed by atoms with Gasteiger partial charge in [-0.2, -0.15) is 0 Å². The smallest absolute Gasteiger partial charge is 0.300 e. The van der Waals surface area contributed by atoms with Gasteiger partial charge in [0, 0.05) is 30.0 Å². The fourth-order valence-corrected chi connectivity index (χ4v) is 4.96. The molecule has 1 atom stereocenters. The lowest BCUT2D eigenvalue weighted by molar-refractivity contribution is -0.132. The van der Waals surface area contributed by atoms with Crippen LogP contribution in [0.3, 0.4) is 0 Å². The van der Waals surface area contributed by atoms with Crippen molar-refractivity contribution < 1.29 is 28.9 Å². The van der Waals surface area contributed by atoms with Crippen LogP contribution in [0, 0.1) is 0 Å². The molecule has 0 aromatic heterocycles. The van der Waals surface area contributed by atoms with E-state index in [1.54, 1.807) is 49.6 Å². The molecule has 1 fully saturated rings. The lowest BCUT2D eigenvalue weighted by Crippen LogP contribution is -2.29. The van der Waals surface area contributed by atoms with Gasteiger partial charge in [-0.15, -0.1) is 0 Å². The van der Waals surface area contributed by atoms with Crippen LogP contribution in [-0.2, 0) is 9.59 Å². The quantitative estimate of drug-likeness (QED) is 0.271. The highest BCUT2D eigenvalue weighted by atomic mass is 16.6. The molecule has 3 aromatic rings. The zero-order valence-corrected chi connectivity index (χ0v) is 21.6. The molecule has 0 radical (unpaired) electrons. The summed E-state index contributed by atoms with van der Waals surface area (Å²) in [5.41, 5.74) is 2.64. The number of anilines is 2. The molecule has 0 saturated carbocycles. The summed E-state index contributed by atoms with van der Waals surface area (Å²) >= 11 is 0. The highest BCUT2D eigenvalue weighted by Crippen LogP contribution is 2.43. The number of Topliss-reactive ketones (excluding diaryl/α,β-unsaturated/α-hetero) is 1. The van der Waals surface area contributed by atoms with Crippen LogP contribution in [-0.4, -0.2) is 50.2 Å². The number of amides is 1. The van der Waals surface area contributed by atoms with E-state index in [1.807, 2.05) is 24.3 Å². The van der Waals surface area contributed by atoms with Gasteiger partial charge in [-0.1, -0.05) is 12.1 Å². The Kier molecular flexibility index (Phi) is 6.96. The number of benzene rings is 3. The highest BCUT2D eigenvalue weighted by Gasteiger charge is 2.47. The molecule has 0 spiro atoms. The van der Waals surface area contributed by atoms with Gasteiger partial charge in [0.1, 0.15) is 24.7 Å². The third-order valence-electron chi connectivity index (χ3n) is 6.95. The number of aliphatic hydroxyl groups excluding tert-OH is 1. The summed E-state index contributed by atoms with van der Waals surface area (Å²) in [6.45, 7) is 6.70. The Labute approximate surface area is 221 Å². The Bertz CT molecular complexity index is 1380. The van der Waals surface area contributed by atoms with Crippen molar-refractivity contribution in [3.05, 3.63) is 83.4 Å². The summed E-state index contributed by atoms with van der Waals surface area (Å²) in [4.78, 5) is 30.5. The first-order valence-corrected chi connectivity index (χ1v) is 12.7. The van der Waals surface area contributed by atoms with Crippen molar-refractivity contribution in [3.63, 3.8) is 0 Å². The van der Waals surface area contributed by atoms with Crippen molar-refractivity contribution >= 4 is 28.8 Å². The SMILES string of the molecule is CCN(CC)c1ccc(C2/C(=C(/O)c3ccc4c(c3)OCCO4)C(=O)C(=O)N2c2ccc(OC)cc2)cc1. The molecule has 8 nitrogen and oxygen atoms in total. The van der Waals surface area contributed by atoms with Gasteiger partial charge in [0.05, 0.1) is 18.7 Å². The van der Waals surface area contributed by atoms with Crippen molar-refractivity contribution in [2.45, 2.75) is 19.9 Å². The van der Waals surface area contributed by atoms with Gasteiger partial charge in [-0.05, 0) is 74.0 Å². The zero-order chi connectivity index (χ0) is 26.8. The fraction of sp³-hybridized carbons (Fsp3) is 0.267. The minimum absolute atomic E-state index is 0.0121. The van der Waals surface area contributed by atoms with Gasteiger partial charge in [-0.25, -0.2) is 0 Å². The van der Waals surface area contributed by atoms with Gasteiger partial charge in [0.2, 0.25) is 0 Å². The van der Waals surface area contributed by atoms with E-state index in [2.05, 4.69) is 18.7 Å². The molecular formula is C30H30N2O6. The van der Waals surface area contributed by atoms with Crippen LogP contribution >= 0.6 is 0 Å². The molecule has 196 valence electrons. The summed E-state index contributed by atoms with van der Waals surface area (Å²) in [5.74, 6) is -0.0752. The number of ether oxygens (including phenoxy) is 3. The maximum Gasteiger partial charge on any atom is 0.300 e. The molecule has 0 aliphatic carbocycles. The summed E-state index contributed by atoms with van der Waals surface area (Å²) in [6.07, 6.45) is 0. The van der Waals surface area contributed by atoms with E-state index in [0.717, 1.165) is 18.8 Å². The van der Waals surface area contributed by atoms with Crippen LogP contribution in [0.2, 0.25) is 0 Å². The average Bonchev–Trinajstić information content (AvgIpc) is 3.23. The van der Waals surface area contributed by atoms with E-state index in [4.69, 9.17) is 14.2 Å². The van der Waals surface area contributed by atoms with Crippen LogP contribution in [0.1, 0.15) is 31.0 Å². The third kappa shape index (κ3) is 4.42. The standard InChI is InChI=1S/C30H30N2O6/c1-4-31(5-2)21-9-6-19(7-10-21)27-26(28(33)20-8-15-24-25(18-20)38-17-16-37-24)29(34)30(35)32(27)22-11-13-23(36-3)14-12-22/h6-15,18,27,33H,4-5,16-17H2,1-3H3/b28-26-. The minimum Gasteiger partial charge on any atom is -0.507 e. The molecule has 3 aromatic carbocycles. The summed E-state index contributed by atoms with van der Waals surface area (Å²) in [5, 5.41) is 11.5. The minimum atomic E-state index is -0.831. The second-order valence-corrected chi connectivity index (χ2v) is 8.99. The molecule has 0 bridgehead atoms. The number of rotatable bonds is 7. The number of aliphatic hydroxyl groups is 1. The largest absolute Gasteiger partial charge is 0.507 e. The van der Waals surface area contributed by atoms with Crippen molar-refractivity contribution in [2.75, 3.05) is 43.2 Å². The van der Waals surface area contributed by atoms with E-state index < -0.39 is 17.7 Å². The molecular weight excluding hydrogens is 484 g/mol.